The molecule has 6 bridgehead atoms. The summed E-state index contributed by atoms with van der Waals surface area (Å²) in [5, 5.41) is 5.18. The molecule has 7 rings (SSSR count). The predicted octanol–water partition coefficient (Wildman–Crippen LogP) is 7.81. The van der Waals surface area contributed by atoms with Crippen molar-refractivity contribution in [2.75, 3.05) is 31.7 Å². The summed E-state index contributed by atoms with van der Waals surface area (Å²) in [6.07, 6.45) is 5.63. The number of aryl methyl sites for hydroxylation is 2. The highest BCUT2D eigenvalue weighted by Crippen LogP contribution is 2.40. The van der Waals surface area contributed by atoms with Crippen LogP contribution >= 0.6 is 0 Å². The normalized spacial score (nSPS) is 20.8. The summed E-state index contributed by atoms with van der Waals surface area (Å²) in [4.78, 5) is 20.7. The molecular formula is C39H48N4O5. The molecule has 3 aliphatic rings. The molecule has 2 aromatic carbocycles. The van der Waals surface area contributed by atoms with Gasteiger partial charge in [-0.3, -0.25) is 0 Å². The second kappa shape index (κ2) is 13.4. The number of esters is 1. The van der Waals surface area contributed by atoms with Crippen LogP contribution in [0.2, 0.25) is 0 Å². The van der Waals surface area contributed by atoms with Crippen LogP contribution in [-0.4, -0.2) is 64.7 Å². The lowest BCUT2D eigenvalue weighted by molar-refractivity contribution is -0.164. The van der Waals surface area contributed by atoms with Crippen molar-refractivity contribution < 1.29 is 23.7 Å². The number of benzene rings is 2. The molecule has 0 spiro atoms. The second-order valence-corrected chi connectivity index (χ2v) is 14.3. The molecule has 2 aromatic heterocycles. The van der Waals surface area contributed by atoms with Gasteiger partial charge in [-0.15, -0.1) is 0 Å². The van der Waals surface area contributed by atoms with E-state index < -0.39 is 17.7 Å². The minimum atomic E-state index is -0.986. The van der Waals surface area contributed by atoms with Crippen molar-refractivity contribution in [3.05, 3.63) is 77.5 Å². The Morgan fingerprint density at radius 1 is 1.04 bits per heavy atom. The van der Waals surface area contributed by atoms with Crippen LogP contribution in [0.15, 0.2) is 60.7 Å². The first-order chi connectivity index (χ1) is 22.9. The molecule has 9 nitrogen and oxygen atoms in total. The van der Waals surface area contributed by atoms with Crippen LogP contribution < -0.4 is 9.64 Å². The second-order valence-electron chi connectivity index (χ2n) is 14.3. The lowest BCUT2D eigenvalue weighted by Crippen LogP contribution is -2.45. The number of anilines is 1. The molecule has 1 saturated heterocycles. The van der Waals surface area contributed by atoms with Gasteiger partial charge in [0.2, 0.25) is 0 Å². The maximum atomic E-state index is 13.4. The molecule has 4 aromatic rings. The van der Waals surface area contributed by atoms with Crippen molar-refractivity contribution >= 4 is 17.4 Å². The number of hydrogen-bond donors (Lipinski definition) is 0. The number of carbonyl (C=O) groups is 1. The fraction of sp³-hybridized carbons (Fsp3) is 0.462. The number of aromatic nitrogens is 3. The fourth-order valence-electron chi connectivity index (χ4n) is 6.70. The molecule has 9 heteroatoms. The minimum absolute atomic E-state index is 0.00847. The van der Waals surface area contributed by atoms with Gasteiger partial charge in [0.25, 0.3) is 0 Å². The van der Waals surface area contributed by atoms with Crippen molar-refractivity contribution in [3.63, 3.8) is 0 Å². The zero-order chi connectivity index (χ0) is 34.2. The summed E-state index contributed by atoms with van der Waals surface area (Å²) in [6, 6.07) is 16.6. The first-order valence-corrected chi connectivity index (χ1v) is 16.9. The van der Waals surface area contributed by atoms with Gasteiger partial charge in [-0.05, 0) is 84.6 Å². The van der Waals surface area contributed by atoms with Crippen molar-refractivity contribution in [2.24, 2.45) is 0 Å². The van der Waals surface area contributed by atoms with E-state index in [1.165, 1.54) is 7.11 Å². The van der Waals surface area contributed by atoms with Crippen LogP contribution in [0.5, 0.6) is 5.75 Å². The number of nitrogens with zero attached hydrogens (tertiary/aromatic N) is 4. The smallest absolute Gasteiger partial charge is 0.339 e. The molecule has 0 unspecified atom stereocenters. The Balaban J connectivity index is 1.56. The first kappa shape index (κ1) is 33.7. The third-order valence-electron chi connectivity index (χ3n) is 9.25. The molecule has 0 amide bonds. The lowest BCUT2D eigenvalue weighted by atomic mass is 9.92. The molecule has 0 saturated carbocycles. The van der Waals surface area contributed by atoms with Gasteiger partial charge < -0.3 is 23.8 Å². The summed E-state index contributed by atoms with van der Waals surface area (Å²) in [6.45, 7) is 16.1. The van der Waals surface area contributed by atoms with E-state index in [-0.39, 0.29) is 11.7 Å². The highest BCUT2D eigenvalue weighted by molar-refractivity contribution is 5.81. The Hall–Kier alpha value is -4.21. The van der Waals surface area contributed by atoms with Crippen molar-refractivity contribution in [1.82, 2.24) is 14.6 Å². The van der Waals surface area contributed by atoms with Crippen LogP contribution in [0.4, 0.5) is 5.82 Å². The van der Waals surface area contributed by atoms with E-state index in [9.17, 15) is 4.79 Å². The van der Waals surface area contributed by atoms with Gasteiger partial charge in [0, 0.05) is 42.4 Å². The maximum absolute atomic E-state index is 13.4. The van der Waals surface area contributed by atoms with E-state index in [1.54, 1.807) is 0 Å². The van der Waals surface area contributed by atoms with Gasteiger partial charge in [0.05, 0.1) is 42.3 Å². The number of hydrogen-bond acceptors (Lipinski definition) is 8. The van der Waals surface area contributed by atoms with E-state index in [0.29, 0.717) is 36.6 Å². The molecule has 3 aliphatic heterocycles. The van der Waals surface area contributed by atoms with Crippen molar-refractivity contribution in [3.8, 4) is 28.1 Å². The van der Waals surface area contributed by atoms with Crippen molar-refractivity contribution in [1.29, 1.82) is 0 Å². The molecule has 0 N–H and O–H groups in total. The van der Waals surface area contributed by atoms with Gasteiger partial charge >= 0.3 is 5.97 Å². The molecule has 254 valence electrons. The van der Waals surface area contributed by atoms with Gasteiger partial charge in [0.1, 0.15) is 11.6 Å². The summed E-state index contributed by atoms with van der Waals surface area (Å²) in [5.41, 5.74) is 6.12. The summed E-state index contributed by atoms with van der Waals surface area (Å²) >= 11 is 0. The molecule has 0 aliphatic carbocycles. The Morgan fingerprint density at radius 3 is 2.50 bits per heavy atom. The fourth-order valence-corrected chi connectivity index (χ4v) is 6.70. The highest BCUT2D eigenvalue weighted by atomic mass is 16.6. The summed E-state index contributed by atoms with van der Waals surface area (Å²) < 4.78 is 26.6. The standard InChI is InChI=1S/C39H48N4O5/c1-25-13-11-17-31-33(25)29-16-12-15-28(23-29)30-24-32-40-27(3)34(35(37(44)45-8)48-38(4,5)6)36(43(32)41-30)42-20-18-39(7,19-21-42)46-22-10-9-14-26(2)47-31/h9-13,15-17,23-24,26,35H,14,18-22H2,1-8H3/t26-,35-/m0/s1. The number of piperidine rings is 1. The number of fused-ring (bicyclic) bond motifs is 7. The summed E-state index contributed by atoms with van der Waals surface area (Å²) in [7, 11) is 1.39. The SMILES string of the molecule is COC(=O)[C@@H](OC(C)(C)C)c1c(C)nc2cc3nn2c1N1CCC(C)(CC1)OCC=CC[C@H](C)Oc1cccc(C)c1-c1cccc-3c1. The van der Waals surface area contributed by atoms with Crippen LogP contribution in [0.3, 0.4) is 0 Å². The quantitative estimate of drug-likeness (QED) is 0.164. The van der Waals surface area contributed by atoms with Gasteiger partial charge in [-0.25, -0.2) is 9.78 Å². The average Bonchev–Trinajstić information content (AvgIpc) is 3.46. The van der Waals surface area contributed by atoms with Crippen LogP contribution in [0, 0.1) is 13.8 Å². The van der Waals surface area contributed by atoms with Gasteiger partial charge in [-0.2, -0.15) is 9.61 Å². The van der Waals surface area contributed by atoms with Crippen molar-refractivity contribution in [2.45, 2.75) is 91.1 Å². The monoisotopic (exact) mass is 652 g/mol. The van der Waals surface area contributed by atoms with E-state index in [2.05, 4.69) is 68.2 Å². The van der Waals surface area contributed by atoms with E-state index >= 15 is 0 Å². The number of carbonyl (C=O) groups excluding carboxylic acids is 1. The number of ether oxygens (including phenoxy) is 4. The van der Waals surface area contributed by atoms with Gasteiger partial charge in [-0.1, -0.05) is 42.5 Å². The Bertz CT molecular complexity index is 1830. The third-order valence-corrected chi connectivity index (χ3v) is 9.25. The Labute approximate surface area is 283 Å². The Kier molecular flexibility index (Phi) is 9.37. The molecule has 2 atom stereocenters. The molecule has 5 heterocycles. The number of methoxy groups -OCH3 is 1. The van der Waals surface area contributed by atoms with Crippen LogP contribution in [-0.2, 0) is 19.0 Å². The first-order valence-electron chi connectivity index (χ1n) is 16.9. The van der Waals surface area contributed by atoms with E-state index in [1.807, 2.05) is 50.4 Å². The molecular weight excluding hydrogens is 604 g/mol. The molecule has 1 fully saturated rings. The lowest BCUT2D eigenvalue weighted by Gasteiger charge is -2.41. The predicted molar refractivity (Wildman–Crippen MR) is 189 cm³/mol. The molecule has 48 heavy (non-hydrogen) atoms. The van der Waals surface area contributed by atoms with E-state index in [0.717, 1.165) is 58.8 Å². The number of rotatable bonds is 3. The third kappa shape index (κ3) is 6.98. The largest absolute Gasteiger partial charge is 0.490 e. The Morgan fingerprint density at radius 2 is 1.77 bits per heavy atom. The van der Waals surface area contributed by atoms with Gasteiger partial charge in [0.15, 0.2) is 11.8 Å². The van der Waals surface area contributed by atoms with E-state index in [4.69, 9.17) is 29.0 Å². The van der Waals surface area contributed by atoms with Crippen LogP contribution in [0.25, 0.3) is 28.0 Å². The zero-order valence-corrected chi connectivity index (χ0v) is 29.5. The minimum Gasteiger partial charge on any atom is -0.490 e. The molecule has 0 radical (unpaired) electrons. The highest BCUT2D eigenvalue weighted by Gasteiger charge is 2.38. The maximum Gasteiger partial charge on any atom is 0.339 e. The zero-order valence-electron chi connectivity index (χ0n) is 29.5. The average molecular weight is 653 g/mol. The van der Waals surface area contributed by atoms with Crippen LogP contribution in [0.1, 0.15) is 76.8 Å². The topological polar surface area (TPSA) is 87.4 Å². The summed E-state index contributed by atoms with van der Waals surface area (Å²) in [5.74, 6) is 1.17.